The van der Waals surface area contributed by atoms with Gasteiger partial charge in [-0.05, 0) is 31.5 Å². The van der Waals surface area contributed by atoms with Gasteiger partial charge in [-0.3, -0.25) is 4.79 Å². The van der Waals surface area contributed by atoms with E-state index in [2.05, 4.69) is 10.3 Å². The lowest BCUT2D eigenvalue weighted by Crippen LogP contribution is -2.15. The zero-order valence-corrected chi connectivity index (χ0v) is 15.0. The second-order valence-electron chi connectivity index (χ2n) is 6.61. The number of amides is 1. The largest absolute Gasteiger partial charge is 0.492 e. The van der Waals surface area contributed by atoms with Crippen molar-refractivity contribution in [1.82, 2.24) is 4.98 Å². The Morgan fingerprint density at radius 3 is 3.04 bits per heavy atom. The minimum atomic E-state index is -0.0818. The van der Waals surface area contributed by atoms with E-state index in [0.29, 0.717) is 24.5 Å². The summed E-state index contributed by atoms with van der Waals surface area (Å²) in [6, 6.07) is 11.8. The van der Waals surface area contributed by atoms with Crippen LogP contribution in [0.3, 0.4) is 0 Å². The van der Waals surface area contributed by atoms with Gasteiger partial charge in [0.05, 0.1) is 18.7 Å². The molecule has 5 nitrogen and oxygen atoms in total. The summed E-state index contributed by atoms with van der Waals surface area (Å²) in [6.07, 6.45) is 3.20. The number of fused-ring (bicyclic) bond motifs is 2. The number of carbonyl (C=O) groups excluding carboxylic acids is 1. The Kier molecular flexibility index (Phi) is 4.29. The van der Waals surface area contributed by atoms with Crippen molar-refractivity contribution in [3.05, 3.63) is 53.7 Å². The van der Waals surface area contributed by atoms with Gasteiger partial charge in [0.15, 0.2) is 0 Å². The number of hydrogen-bond acceptors (Lipinski definition) is 3. The van der Waals surface area contributed by atoms with Crippen LogP contribution in [-0.2, 0) is 17.6 Å². The summed E-state index contributed by atoms with van der Waals surface area (Å²) in [7, 11) is 0. The Bertz CT molecular complexity index is 961. The molecule has 0 saturated heterocycles. The van der Waals surface area contributed by atoms with Crippen LogP contribution in [0.1, 0.15) is 25.0 Å². The van der Waals surface area contributed by atoms with Crippen LogP contribution in [-0.4, -0.2) is 23.6 Å². The topological polar surface area (TPSA) is 63.3 Å². The number of carbonyl (C=O) groups is 1. The van der Waals surface area contributed by atoms with Gasteiger partial charge in [-0.1, -0.05) is 18.2 Å². The van der Waals surface area contributed by atoms with E-state index in [4.69, 9.17) is 9.47 Å². The molecule has 4 rings (SSSR count). The standard InChI is InChI=1S/C21H22N2O3/c1-3-25-20-9-14-8-13(2)26-19(14)11-18(20)23-21(24)10-15-12-22-17-7-5-4-6-16(15)17/h4-7,9,11-13,22H,3,8,10H2,1-2H3,(H,23,24). The fraction of sp³-hybridized carbons (Fsp3) is 0.286. The van der Waals surface area contributed by atoms with E-state index in [1.54, 1.807) is 0 Å². The summed E-state index contributed by atoms with van der Waals surface area (Å²) < 4.78 is 11.5. The van der Waals surface area contributed by atoms with Crippen LogP contribution in [0.4, 0.5) is 5.69 Å². The molecule has 0 fully saturated rings. The quantitative estimate of drug-likeness (QED) is 0.729. The molecule has 1 amide bonds. The van der Waals surface area contributed by atoms with E-state index in [0.717, 1.165) is 34.2 Å². The molecule has 0 aliphatic carbocycles. The molecule has 2 N–H and O–H groups in total. The summed E-state index contributed by atoms with van der Waals surface area (Å²) in [6.45, 7) is 4.51. The smallest absolute Gasteiger partial charge is 0.228 e. The van der Waals surface area contributed by atoms with Gasteiger partial charge < -0.3 is 19.8 Å². The van der Waals surface area contributed by atoms with Gasteiger partial charge in [-0.25, -0.2) is 0 Å². The first-order valence-corrected chi connectivity index (χ1v) is 8.95. The maximum atomic E-state index is 12.6. The number of H-pyrrole nitrogens is 1. The molecule has 1 atom stereocenters. The molecule has 134 valence electrons. The molecular weight excluding hydrogens is 328 g/mol. The van der Waals surface area contributed by atoms with Crippen LogP contribution in [0.15, 0.2) is 42.6 Å². The third-order valence-corrected chi connectivity index (χ3v) is 4.60. The second kappa shape index (κ2) is 6.75. The average molecular weight is 350 g/mol. The number of ether oxygens (including phenoxy) is 2. The van der Waals surface area contributed by atoms with Gasteiger partial charge in [0.2, 0.25) is 5.91 Å². The second-order valence-corrected chi connectivity index (χ2v) is 6.61. The minimum Gasteiger partial charge on any atom is -0.492 e. The fourth-order valence-corrected chi connectivity index (χ4v) is 3.46. The van der Waals surface area contributed by atoms with Crippen LogP contribution in [0, 0.1) is 0 Å². The average Bonchev–Trinajstić information content (AvgIpc) is 3.18. The molecule has 1 aromatic heterocycles. The fourth-order valence-electron chi connectivity index (χ4n) is 3.46. The molecule has 2 heterocycles. The zero-order chi connectivity index (χ0) is 18.1. The van der Waals surface area contributed by atoms with Gasteiger partial charge in [0.25, 0.3) is 0 Å². The van der Waals surface area contributed by atoms with Crippen molar-refractivity contribution in [2.45, 2.75) is 32.8 Å². The molecule has 1 unspecified atom stereocenters. The first-order chi connectivity index (χ1) is 12.6. The summed E-state index contributed by atoms with van der Waals surface area (Å²) >= 11 is 0. The van der Waals surface area contributed by atoms with Crippen molar-refractivity contribution in [3.8, 4) is 11.5 Å². The number of hydrogen-bond donors (Lipinski definition) is 2. The monoisotopic (exact) mass is 350 g/mol. The summed E-state index contributed by atoms with van der Waals surface area (Å²) in [5.74, 6) is 1.43. The summed E-state index contributed by atoms with van der Waals surface area (Å²) in [4.78, 5) is 15.8. The normalized spacial score (nSPS) is 15.5. The predicted molar refractivity (Wildman–Crippen MR) is 102 cm³/mol. The Balaban J connectivity index is 1.56. The summed E-state index contributed by atoms with van der Waals surface area (Å²) in [5.41, 5.74) is 3.78. The van der Waals surface area contributed by atoms with Crippen LogP contribution in [0.25, 0.3) is 10.9 Å². The number of aromatic nitrogens is 1. The SMILES string of the molecule is CCOc1cc2c(cc1NC(=O)Cc1c[nH]c3ccccc13)OC(C)C2. The van der Waals surface area contributed by atoms with Crippen molar-refractivity contribution in [3.63, 3.8) is 0 Å². The van der Waals surface area contributed by atoms with Gasteiger partial charge in [0.1, 0.15) is 17.6 Å². The maximum Gasteiger partial charge on any atom is 0.228 e. The molecule has 0 bridgehead atoms. The number of aromatic amines is 1. The molecule has 0 spiro atoms. The molecular formula is C21H22N2O3. The lowest BCUT2D eigenvalue weighted by Gasteiger charge is -2.13. The van der Waals surface area contributed by atoms with Crippen molar-refractivity contribution in [2.75, 3.05) is 11.9 Å². The van der Waals surface area contributed by atoms with Crippen molar-refractivity contribution < 1.29 is 14.3 Å². The number of anilines is 1. The van der Waals surface area contributed by atoms with E-state index in [-0.39, 0.29) is 12.0 Å². The first kappa shape index (κ1) is 16.5. The molecule has 1 aliphatic heterocycles. The molecule has 5 heteroatoms. The predicted octanol–water partition coefficient (Wildman–Crippen LogP) is 4.07. The highest BCUT2D eigenvalue weighted by Gasteiger charge is 2.22. The molecule has 0 saturated carbocycles. The third-order valence-electron chi connectivity index (χ3n) is 4.60. The first-order valence-electron chi connectivity index (χ1n) is 8.95. The molecule has 1 aliphatic rings. The highest BCUT2D eigenvalue weighted by molar-refractivity contribution is 5.97. The highest BCUT2D eigenvalue weighted by Crippen LogP contribution is 2.38. The van der Waals surface area contributed by atoms with E-state index in [9.17, 15) is 4.79 Å². The van der Waals surface area contributed by atoms with Crippen LogP contribution >= 0.6 is 0 Å². The highest BCUT2D eigenvalue weighted by atomic mass is 16.5. The Labute approximate surface area is 152 Å². The van der Waals surface area contributed by atoms with Crippen LogP contribution < -0.4 is 14.8 Å². The van der Waals surface area contributed by atoms with Gasteiger partial charge in [-0.15, -0.1) is 0 Å². The molecule has 3 aromatic rings. The van der Waals surface area contributed by atoms with E-state index >= 15 is 0 Å². The van der Waals surface area contributed by atoms with Gasteiger partial charge in [-0.2, -0.15) is 0 Å². The van der Waals surface area contributed by atoms with E-state index in [1.165, 1.54) is 0 Å². The maximum absolute atomic E-state index is 12.6. The molecule has 0 radical (unpaired) electrons. The van der Waals surface area contributed by atoms with Crippen molar-refractivity contribution >= 4 is 22.5 Å². The van der Waals surface area contributed by atoms with Crippen molar-refractivity contribution in [1.29, 1.82) is 0 Å². The van der Waals surface area contributed by atoms with E-state index < -0.39 is 0 Å². The lowest BCUT2D eigenvalue weighted by atomic mass is 10.1. The van der Waals surface area contributed by atoms with Gasteiger partial charge in [0, 0.05) is 35.2 Å². The number of rotatable bonds is 5. The Hall–Kier alpha value is -2.95. The Morgan fingerprint density at radius 1 is 1.35 bits per heavy atom. The van der Waals surface area contributed by atoms with Crippen molar-refractivity contribution in [2.24, 2.45) is 0 Å². The molecule has 26 heavy (non-hydrogen) atoms. The molecule has 2 aromatic carbocycles. The third kappa shape index (κ3) is 3.12. The minimum absolute atomic E-state index is 0.0818. The number of para-hydroxylation sites is 1. The van der Waals surface area contributed by atoms with Crippen LogP contribution in [0.5, 0.6) is 11.5 Å². The number of benzene rings is 2. The zero-order valence-electron chi connectivity index (χ0n) is 15.0. The van der Waals surface area contributed by atoms with Crippen LogP contribution in [0.2, 0.25) is 0 Å². The van der Waals surface area contributed by atoms with Gasteiger partial charge >= 0.3 is 0 Å². The lowest BCUT2D eigenvalue weighted by molar-refractivity contribution is -0.115. The number of nitrogens with one attached hydrogen (secondary N) is 2. The Morgan fingerprint density at radius 2 is 2.19 bits per heavy atom. The summed E-state index contributed by atoms with van der Waals surface area (Å²) in [5, 5.41) is 4.05. The van der Waals surface area contributed by atoms with E-state index in [1.807, 2.05) is 56.4 Å².